The van der Waals surface area contributed by atoms with Crippen LogP contribution in [0.2, 0.25) is 0 Å². The Labute approximate surface area is 157 Å². The van der Waals surface area contributed by atoms with Crippen molar-refractivity contribution in [2.75, 3.05) is 11.4 Å². The summed E-state index contributed by atoms with van der Waals surface area (Å²) < 4.78 is 10.9. The molecule has 2 aromatic carbocycles. The number of amides is 1. The molecule has 0 fully saturated rings. The smallest absolute Gasteiger partial charge is 0.311 e. The fourth-order valence-electron chi connectivity index (χ4n) is 3.56. The summed E-state index contributed by atoms with van der Waals surface area (Å²) in [5, 5.41) is 0.894. The largest absolute Gasteiger partial charge is 0.464 e. The standard InChI is InChI=1S/C22H21NO4/c1-14-7-8-18-17(13-26-20(18)11-14)12-21(24)27-15(2)22(25)23-10-9-16-5-3-4-6-19(16)23/h3-8,11,13,15H,9-10,12H2,1-2H3/t15-/m1/s1. The molecule has 27 heavy (non-hydrogen) atoms. The average molecular weight is 363 g/mol. The summed E-state index contributed by atoms with van der Waals surface area (Å²) in [7, 11) is 0. The van der Waals surface area contributed by atoms with Crippen molar-refractivity contribution in [3.8, 4) is 0 Å². The first-order valence-electron chi connectivity index (χ1n) is 9.08. The second-order valence-corrected chi connectivity index (χ2v) is 6.94. The van der Waals surface area contributed by atoms with Crippen LogP contribution < -0.4 is 4.90 Å². The maximum absolute atomic E-state index is 12.7. The predicted molar refractivity (Wildman–Crippen MR) is 103 cm³/mol. The van der Waals surface area contributed by atoms with E-state index in [4.69, 9.17) is 9.15 Å². The number of ether oxygens (including phenoxy) is 1. The Morgan fingerprint density at radius 3 is 2.89 bits per heavy atom. The summed E-state index contributed by atoms with van der Waals surface area (Å²) >= 11 is 0. The van der Waals surface area contributed by atoms with E-state index in [0.29, 0.717) is 6.54 Å². The summed E-state index contributed by atoms with van der Waals surface area (Å²) in [5.74, 6) is -0.632. The average Bonchev–Trinajstić information content (AvgIpc) is 3.25. The number of benzene rings is 2. The summed E-state index contributed by atoms with van der Waals surface area (Å²) in [6.07, 6.45) is 1.64. The van der Waals surface area contributed by atoms with E-state index in [1.165, 1.54) is 0 Å². The molecule has 2 heterocycles. The van der Waals surface area contributed by atoms with Gasteiger partial charge in [-0.25, -0.2) is 0 Å². The zero-order valence-corrected chi connectivity index (χ0v) is 15.4. The SMILES string of the molecule is Cc1ccc2c(CC(=O)O[C@H](C)C(=O)N3CCc4ccccc43)coc2c1. The number of rotatable bonds is 4. The van der Waals surface area contributed by atoms with E-state index >= 15 is 0 Å². The van der Waals surface area contributed by atoms with Crippen LogP contribution in [0.4, 0.5) is 5.69 Å². The minimum absolute atomic E-state index is 0.0737. The summed E-state index contributed by atoms with van der Waals surface area (Å²) in [4.78, 5) is 26.8. The van der Waals surface area contributed by atoms with Crippen molar-refractivity contribution in [1.82, 2.24) is 0 Å². The van der Waals surface area contributed by atoms with Crippen molar-refractivity contribution in [3.05, 3.63) is 65.4 Å². The van der Waals surface area contributed by atoms with E-state index in [9.17, 15) is 9.59 Å². The molecule has 0 spiro atoms. The Bertz CT molecular complexity index is 1020. The zero-order valence-electron chi connectivity index (χ0n) is 15.4. The fraction of sp³-hybridized carbons (Fsp3) is 0.273. The molecule has 1 atom stereocenters. The zero-order chi connectivity index (χ0) is 19.0. The van der Waals surface area contributed by atoms with Gasteiger partial charge in [0.2, 0.25) is 0 Å². The third-order valence-corrected chi connectivity index (χ3v) is 4.96. The van der Waals surface area contributed by atoms with Gasteiger partial charge in [0.05, 0.1) is 12.7 Å². The Kier molecular flexibility index (Phi) is 4.44. The number of esters is 1. The number of hydrogen-bond acceptors (Lipinski definition) is 4. The number of furan rings is 1. The van der Waals surface area contributed by atoms with Crippen LogP contribution in [-0.4, -0.2) is 24.5 Å². The highest BCUT2D eigenvalue weighted by Gasteiger charge is 2.29. The van der Waals surface area contributed by atoms with Gasteiger partial charge in [0.25, 0.3) is 5.91 Å². The first-order chi connectivity index (χ1) is 13.0. The van der Waals surface area contributed by atoms with E-state index in [1.54, 1.807) is 18.1 Å². The number of carbonyl (C=O) groups is 2. The molecule has 138 valence electrons. The molecular formula is C22H21NO4. The van der Waals surface area contributed by atoms with E-state index < -0.39 is 12.1 Å². The van der Waals surface area contributed by atoms with Gasteiger partial charge in [-0.15, -0.1) is 0 Å². The molecule has 0 bridgehead atoms. The van der Waals surface area contributed by atoms with Gasteiger partial charge in [0.15, 0.2) is 6.10 Å². The number of para-hydroxylation sites is 1. The summed E-state index contributed by atoms with van der Waals surface area (Å²) in [6.45, 7) is 4.23. The third-order valence-electron chi connectivity index (χ3n) is 4.96. The van der Waals surface area contributed by atoms with Crippen molar-refractivity contribution in [3.63, 3.8) is 0 Å². The van der Waals surface area contributed by atoms with Crippen molar-refractivity contribution >= 4 is 28.5 Å². The Morgan fingerprint density at radius 1 is 1.22 bits per heavy atom. The topological polar surface area (TPSA) is 59.8 Å². The maximum Gasteiger partial charge on any atom is 0.311 e. The number of fused-ring (bicyclic) bond motifs is 2. The molecule has 5 heteroatoms. The summed E-state index contributed by atoms with van der Waals surface area (Å²) in [5.41, 5.74) is 4.65. The molecule has 0 saturated carbocycles. The highest BCUT2D eigenvalue weighted by molar-refractivity contribution is 5.99. The van der Waals surface area contributed by atoms with Gasteiger partial charge in [-0.2, -0.15) is 0 Å². The van der Waals surface area contributed by atoms with Crippen molar-refractivity contribution in [1.29, 1.82) is 0 Å². The van der Waals surface area contributed by atoms with Crippen LogP contribution in [0.5, 0.6) is 0 Å². The molecule has 0 N–H and O–H groups in total. The quantitative estimate of drug-likeness (QED) is 0.662. The number of hydrogen-bond donors (Lipinski definition) is 0. The number of aryl methyl sites for hydroxylation is 1. The van der Waals surface area contributed by atoms with Crippen molar-refractivity contribution < 1.29 is 18.7 Å². The molecule has 1 aliphatic rings. The number of carbonyl (C=O) groups excluding carboxylic acids is 2. The van der Waals surface area contributed by atoms with E-state index in [1.807, 2.05) is 49.4 Å². The van der Waals surface area contributed by atoms with Gasteiger partial charge in [-0.3, -0.25) is 9.59 Å². The molecule has 3 aromatic rings. The number of anilines is 1. The van der Waals surface area contributed by atoms with Crippen LogP contribution in [0.15, 0.2) is 53.1 Å². The minimum atomic E-state index is -0.830. The van der Waals surface area contributed by atoms with Crippen molar-refractivity contribution in [2.45, 2.75) is 32.8 Å². The molecule has 4 rings (SSSR count). The molecule has 5 nitrogen and oxygen atoms in total. The fourth-order valence-corrected chi connectivity index (χ4v) is 3.56. The molecule has 0 aliphatic carbocycles. The van der Waals surface area contributed by atoms with E-state index in [2.05, 4.69) is 0 Å². The van der Waals surface area contributed by atoms with Crippen LogP contribution in [0, 0.1) is 6.92 Å². The van der Waals surface area contributed by atoms with Gasteiger partial charge in [0.1, 0.15) is 5.58 Å². The van der Waals surface area contributed by atoms with Gasteiger partial charge in [-0.05, 0) is 43.5 Å². The lowest BCUT2D eigenvalue weighted by Crippen LogP contribution is -2.39. The Hall–Kier alpha value is -3.08. The van der Waals surface area contributed by atoms with Gasteiger partial charge < -0.3 is 14.1 Å². The molecule has 0 unspecified atom stereocenters. The van der Waals surface area contributed by atoms with Crippen LogP contribution in [-0.2, 0) is 27.2 Å². The lowest BCUT2D eigenvalue weighted by Gasteiger charge is -2.21. The highest BCUT2D eigenvalue weighted by Crippen LogP contribution is 2.28. The maximum atomic E-state index is 12.7. The second kappa shape index (κ2) is 6.91. The Balaban J connectivity index is 1.42. The van der Waals surface area contributed by atoms with Gasteiger partial charge in [-0.1, -0.05) is 30.3 Å². The third kappa shape index (κ3) is 3.33. The molecule has 0 saturated heterocycles. The van der Waals surface area contributed by atoms with Crippen LogP contribution >= 0.6 is 0 Å². The van der Waals surface area contributed by atoms with E-state index in [0.717, 1.165) is 39.8 Å². The van der Waals surface area contributed by atoms with Crippen LogP contribution in [0.3, 0.4) is 0 Å². The lowest BCUT2D eigenvalue weighted by atomic mass is 10.1. The summed E-state index contributed by atoms with van der Waals surface area (Å²) in [6, 6.07) is 13.7. The minimum Gasteiger partial charge on any atom is -0.464 e. The monoisotopic (exact) mass is 363 g/mol. The van der Waals surface area contributed by atoms with Gasteiger partial charge in [0, 0.05) is 23.2 Å². The first kappa shape index (κ1) is 17.3. The Morgan fingerprint density at radius 2 is 2.04 bits per heavy atom. The molecule has 1 aliphatic heterocycles. The molecule has 1 amide bonds. The first-order valence-corrected chi connectivity index (χ1v) is 9.08. The van der Waals surface area contributed by atoms with Crippen molar-refractivity contribution in [2.24, 2.45) is 0 Å². The molecular weight excluding hydrogens is 342 g/mol. The lowest BCUT2D eigenvalue weighted by molar-refractivity contribution is -0.153. The number of nitrogens with zero attached hydrogens (tertiary/aromatic N) is 1. The normalized spacial score (nSPS) is 14.2. The molecule has 0 radical (unpaired) electrons. The van der Waals surface area contributed by atoms with Crippen LogP contribution in [0.25, 0.3) is 11.0 Å². The highest BCUT2D eigenvalue weighted by atomic mass is 16.5. The van der Waals surface area contributed by atoms with E-state index in [-0.39, 0.29) is 12.3 Å². The predicted octanol–water partition coefficient (Wildman–Crippen LogP) is 3.80. The second-order valence-electron chi connectivity index (χ2n) is 6.94. The molecule has 1 aromatic heterocycles. The van der Waals surface area contributed by atoms with Gasteiger partial charge >= 0.3 is 5.97 Å². The van der Waals surface area contributed by atoms with Crippen LogP contribution in [0.1, 0.15) is 23.6 Å².